The molecule has 5 aromatic rings. The van der Waals surface area contributed by atoms with Crippen molar-refractivity contribution in [3.63, 3.8) is 0 Å². The van der Waals surface area contributed by atoms with Crippen molar-refractivity contribution in [3.05, 3.63) is 106 Å². The van der Waals surface area contributed by atoms with E-state index in [1.165, 1.54) is 10.6 Å². The lowest BCUT2D eigenvalue weighted by molar-refractivity contribution is -0.121. The maximum Gasteiger partial charge on any atom is 0.277 e. The summed E-state index contributed by atoms with van der Waals surface area (Å²) in [6, 6.07) is 18.2. The van der Waals surface area contributed by atoms with Gasteiger partial charge in [0, 0.05) is 47.8 Å². The predicted octanol–water partition coefficient (Wildman–Crippen LogP) is 4.18. The van der Waals surface area contributed by atoms with Crippen LogP contribution < -0.4 is 21.1 Å². The molecule has 0 saturated carbocycles. The number of halogens is 1. The Labute approximate surface area is 252 Å². The SMILES string of the molecule is O=C(Cn1c(-c2ccccc2F)nc2c(c1=O)NC(c1ccc(N3CCOCC3)cc1)CC2)NCc1cc2cnccc2[nH]1. The third-order valence-electron chi connectivity index (χ3n) is 8.27. The molecule has 1 saturated heterocycles. The minimum Gasteiger partial charge on any atom is -0.378 e. The van der Waals surface area contributed by atoms with Gasteiger partial charge in [-0.15, -0.1) is 0 Å². The molecule has 3 N–H and O–H groups in total. The lowest BCUT2D eigenvalue weighted by atomic mass is 9.96. The molecule has 2 aromatic carbocycles. The van der Waals surface area contributed by atoms with Gasteiger partial charge in [-0.25, -0.2) is 9.37 Å². The van der Waals surface area contributed by atoms with Gasteiger partial charge in [-0.1, -0.05) is 24.3 Å². The maximum absolute atomic E-state index is 15.0. The Morgan fingerprint density at radius 2 is 1.91 bits per heavy atom. The molecule has 0 bridgehead atoms. The number of aromatic nitrogens is 4. The lowest BCUT2D eigenvalue weighted by Gasteiger charge is -2.30. The van der Waals surface area contributed by atoms with E-state index in [2.05, 4.69) is 49.8 Å². The number of amides is 1. The molecule has 5 heterocycles. The van der Waals surface area contributed by atoms with E-state index in [-0.39, 0.29) is 30.5 Å². The molecule has 2 aliphatic rings. The van der Waals surface area contributed by atoms with Crippen molar-refractivity contribution in [1.29, 1.82) is 0 Å². The second-order valence-electron chi connectivity index (χ2n) is 11.1. The average molecular weight is 594 g/mol. The highest BCUT2D eigenvalue weighted by Gasteiger charge is 2.27. The number of nitrogens with zero attached hydrogens (tertiary/aromatic N) is 4. The number of H-pyrrole nitrogens is 1. The minimum absolute atomic E-state index is 0.103. The summed E-state index contributed by atoms with van der Waals surface area (Å²) in [5.41, 5.74) is 4.59. The third-order valence-corrected chi connectivity index (χ3v) is 8.27. The summed E-state index contributed by atoms with van der Waals surface area (Å²) in [4.78, 5) is 41.6. The Balaban J connectivity index is 1.15. The monoisotopic (exact) mass is 593 g/mol. The molecule has 11 heteroatoms. The molecule has 224 valence electrons. The van der Waals surface area contributed by atoms with Gasteiger partial charge in [-0.2, -0.15) is 0 Å². The van der Waals surface area contributed by atoms with Crippen LogP contribution in [0.15, 0.2) is 77.9 Å². The van der Waals surface area contributed by atoms with Gasteiger partial charge in [-0.05, 0) is 54.8 Å². The van der Waals surface area contributed by atoms with Crippen molar-refractivity contribution in [3.8, 4) is 11.4 Å². The number of ether oxygens (including phenoxy) is 1. The molecule has 1 amide bonds. The Bertz CT molecular complexity index is 1850. The summed E-state index contributed by atoms with van der Waals surface area (Å²) in [7, 11) is 0. The van der Waals surface area contributed by atoms with E-state index >= 15 is 0 Å². The largest absolute Gasteiger partial charge is 0.378 e. The van der Waals surface area contributed by atoms with Gasteiger partial charge >= 0.3 is 0 Å². The predicted molar refractivity (Wildman–Crippen MR) is 166 cm³/mol. The van der Waals surface area contributed by atoms with E-state index in [9.17, 15) is 14.0 Å². The van der Waals surface area contributed by atoms with Crippen molar-refractivity contribution in [2.45, 2.75) is 32.0 Å². The van der Waals surface area contributed by atoms with Crippen LogP contribution >= 0.6 is 0 Å². The number of hydrogen-bond acceptors (Lipinski definition) is 7. The van der Waals surface area contributed by atoms with Gasteiger partial charge in [0.2, 0.25) is 5.91 Å². The number of aryl methyl sites for hydroxylation is 1. The fourth-order valence-corrected chi connectivity index (χ4v) is 5.96. The Morgan fingerprint density at radius 3 is 2.70 bits per heavy atom. The van der Waals surface area contributed by atoms with Crippen molar-refractivity contribution in [2.24, 2.45) is 0 Å². The second-order valence-corrected chi connectivity index (χ2v) is 11.1. The standard InChI is InChI=1S/C33H32FN7O3/c34-26-4-2-1-3-25(26)32-39-29-10-9-27(21-5-7-24(8-6-21)40-13-15-44-16-14-40)38-31(29)33(43)41(32)20-30(42)36-19-23-17-22-18-35-12-11-28(22)37-23/h1-8,11-12,17-18,27,37-38H,9-10,13-16,19-20H2,(H,36,42). The van der Waals surface area contributed by atoms with Crippen LogP contribution in [0.3, 0.4) is 0 Å². The van der Waals surface area contributed by atoms with Crippen molar-refractivity contribution in [2.75, 3.05) is 36.5 Å². The van der Waals surface area contributed by atoms with Crippen LogP contribution in [0.4, 0.5) is 15.8 Å². The molecule has 0 radical (unpaired) electrons. The number of aromatic amines is 1. The number of nitrogens with one attached hydrogen (secondary N) is 3. The summed E-state index contributed by atoms with van der Waals surface area (Å²) >= 11 is 0. The first-order valence-corrected chi connectivity index (χ1v) is 14.8. The van der Waals surface area contributed by atoms with Crippen LogP contribution in [0, 0.1) is 5.82 Å². The number of carbonyl (C=O) groups is 1. The number of hydrogen-bond donors (Lipinski definition) is 3. The topological polar surface area (TPSA) is 117 Å². The van der Waals surface area contributed by atoms with E-state index in [1.54, 1.807) is 30.6 Å². The average Bonchev–Trinajstić information content (AvgIpc) is 3.49. The van der Waals surface area contributed by atoms with Gasteiger partial charge in [-0.3, -0.25) is 19.1 Å². The third kappa shape index (κ3) is 5.53. The Hall–Kier alpha value is -5.03. The summed E-state index contributed by atoms with van der Waals surface area (Å²) in [5.74, 6) is -0.773. The number of carbonyl (C=O) groups excluding carboxylic acids is 1. The van der Waals surface area contributed by atoms with Crippen molar-refractivity contribution >= 4 is 28.2 Å². The molecule has 1 fully saturated rings. The molecular weight excluding hydrogens is 561 g/mol. The number of pyridine rings is 1. The molecule has 0 aliphatic carbocycles. The molecular formula is C33H32FN7O3. The summed E-state index contributed by atoms with van der Waals surface area (Å²) < 4.78 is 21.7. The molecule has 2 aliphatic heterocycles. The first kappa shape index (κ1) is 27.8. The van der Waals surface area contributed by atoms with Crippen molar-refractivity contribution < 1.29 is 13.9 Å². The van der Waals surface area contributed by atoms with E-state index in [4.69, 9.17) is 9.72 Å². The molecule has 7 rings (SSSR count). The van der Waals surface area contributed by atoms with Gasteiger partial charge in [0.05, 0.1) is 37.1 Å². The number of fused-ring (bicyclic) bond motifs is 2. The Kier molecular flexibility index (Phi) is 7.53. The van der Waals surface area contributed by atoms with E-state index in [0.717, 1.165) is 60.6 Å². The number of benzene rings is 2. The zero-order chi connectivity index (χ0) is 30.0. The molecule has 10 nitrogen and oxygen atoms in total. The summed E-state index contributed by atoms with van der Waals surface area (Å²) in [5, 5.41) is 7.20. The van der Waals surface area contributed by atoms with Gasteiger partial charge in [0.1, 0.15) is 23.9 Å². The highest BCUT2D eigenvalue weighted by molar-refractivity contribution is 5.80. The number of rotatable bonds is 7. The molecule has 1 unspecified atom stereocenters. The molecule has 0 spiro atoms. The second kappa shape index (κ2) is 11.9. The maximum atomic E-state index is 15.0. The minimum atomic E-state index is -0.512. The zero-order valence-corrected chi connectivity index (χ0v) is 24.1. The molecule has 1 atom stereocenters. The summed E-state index contributed by atoms with van der Waals surface area (Å²) in [6.45, 7) is 3.07. The number of anilines is 2. The smallest absolute Gasteiger partial charge is 0.277 e. The number of morpholine rings is 1. The van der Waals surface area contributed by atoms with E-state index in [0.29, 0.717) is 17.8 Å². The molecule has 44 heavy (non-hydrogen) atoms. The summed E-state index contributed by atoms with van der Waals surface area (Å²) in [6.07, 6.45) is 4.70. The van der Waals surface area contributed by atoms with Crippen LogP contribution in [0.1, 0.15) is 29.4 Å². The van der Waals surface area contributed by atoms with E-state index < -0.39 is 17.3 Å². The van der Waals surface area contributed by atoms with Gasteiger partial charge in [0.25, 0.3) is 5.56 Å². The fourth-order valence-electron chi connectivity index (χ4n) is 5.96. The zero-order valence-electron chi connectivity index (χ0n) is 24.1. The van der Waals surface area contributed by atoms with Crippen LogP contribution in [0.5, 0.6) is 0 Å². The molecule has 3 aromatic heterocycles. The van der Waals surface area contributed by atoms with Gasteiger partial charge in [0.15, 0.2) is 0 Å². The highest BCUT2D eigenvalue weighted by Crippen LogP contribution is 2.32. The fraction of sp³-hybridized carbons (Fsp3) is 0.273. The van der Waals surface area contributed by atoms with Gasteiger partial charge < -0.3 is 25.3 Å². The normalized spacial score (nSPS) is 16.4. The Morgan fingerprint density at radius 1 is 1.09 bits per heavy atom. The van der Waals surface area contributed by atoms with E-state index in [1.807, 2.05) is 12.1 Å². The van der Waals surface area contributed by atoms with Crippen LogP contribution in [0.25, 0.3) is 22.3 Å². The van der Waals surface area contributed by atoms with Crippen LogP contribution in [0.2, 0.25) is 0 Å². The van der Waals surface area contributed by atoms with Crippen LogP contribution in [-0.4, -0.2) is 51.7 Å². The first-order valence-electron chi connectivity index (χ1n) is 14.8. The highest BCUT2D eigenvalue weighted by atomic mass is 19.1. The van der Waals surface area contributed by atoms with Crippen LogP contribution in [-0.2, 0) is 29.0 Å². The lowest BCUT2D eigenvalue weighted by Crippen LogP contribution is -2.37. The van der Waals surface area contributed by atoms with Crippen molar-refractivity contribution in [1.82, 2.24) is 24.8 Å². The quantitative estimate of drug-likeness (QED) is 0.259. The first-order chi connectivity index (χ1) is 21.5.